The van der Waals surface area contributed by atoms with Crippen LogP contribution in [0.15, 0.2) is 30.3 Å². The lowest BCUT2D eigenvalue weighted by atomic mass is 9.75. The van der Waals surface area contributed by atoms with E-state index >= 15 is 0 Å². The Morgan fingerprint density at radius 3 is 2.70 bits per heavy atom. The van der Waals surface area contributed by atoms with E-state index in [1.54, 1.807) is 0 Å². The molecule has 0 aliphatic heterocycles. The number of hydrogen-bond acceptors (Lipinski definition) is 2. The largest absolute Gasteiger partial charge is 0.393 e. The van der Waals surface area contributed by atoms with Gasteiger partial charge in [-0.25, -0.2) is 0 Å². The molecule has 20 heavy (non-hydrogen) atoms. The van der Waals surface area contributed by atoms with E-state index in [9.17, 15) is 5.11 Å². The average Bonchev–Trinajstić information content (AvgIpc) is 2.49. The first-order chi connectivity index (χ1) is 9.81. The third kappa shape index (κ3) is 4.60. The van der Waals surface area contributed by atoms with Crippen LogP contribution in [0.4, 0.5) is 0 Å². The molecule has 0 heterocycles. The zero-order chi connectivity index (χ0) is 14.2. The Balaban J connectivity index is 1.79. The summed E-state index contributed by atoms with van der Waals surface area (Å²) in [5.74, 6) is 1.01. The lowest BCUT2D eigenvalue weighted by Crippen LogP contribution is -2.29. The molecular formula is C18H28O2. The molecule has 112 valence electrons. The molecule has 1 fully saturated rings. The van der Waals surface area contributed by atoms with E-state index in [-0.39, 0.29) is 6.10 Å². The van der Waals surface area contributed by atoms with Crippen molar-refractivity contribution in [3.05, 3.63) is 35.9 Å². The van der Waals surface area contributed by atoms with Gasteiger partial charge in [0.25, 0.3) is 0 Å². The quantitative estimate of drug-likeness (QED) is 0.758. The van der Waals surface area contributed by atoms with E-state index in [1.807, 2.05) is 0 Å². The summed E-state index contributed by atoms with van der Waals surface area (Å²) in [5.41, 5.74) is 1.43. The Hall–Kier alpha value is -0.860. The van der Waals surface area contributed by atoms with Gasteiger partial charge in [0, 0.05) is 13.2 Å². The summed E-state index contributed by atoms with van der Waals surface area (Å²) in [6.45, 7) is 3.84. The molecule has 0 aromatic heterocycles. The second kappa shape index (κ2) is 8.43. The van der Waals surface area contributed by atoms with Gasteiger partial charge in [-0.15, -0.1) is 0 Å². The Labute approximate surface area is 123 Å². The van der Waals surface area contributed by atoms with Crippen LogP contribution in [-0.2, 0) is 4.74 Å². The summed E-state index contributed by atoms with van der Waals surface area (Å²) in [6.07, 6.45) is 6.32. The highest BCUT2D eigenvalue weighted by atomic mass is 16.5. The van der Waals surface area contributed by atoms with Crippen molar-refractivity contribution < 1.29 is 9.84 Å². The topological polar surface area (TPSA) is 29.5 Å². The van der Waals surface area contributed by atoms with Gasteiger partial charge in [0.2, 0.25) is 0 Å². The van der Waals surface area contributed by atoms with Gasteiger partial charge >= 0.3 is 0 Å². The van der Waals surface area contributed by atoms with Gasteiger partial charge in [-0.3, -0.25) is 0 Å². The molecule has 1 saturated carbocycles. The first kappa shape index (κ1) is 15.5. The van der Waals surface area contributed by atoms with Crippen molar-refractivity contribution in [3.63, 3.8) is 0 Å². The maximum absolute atomic E-state index is 10.2. The van der Waals surface area contributed by atoms with Crippen LogP contribution in [0.25, 0.3) is 0 Å². The van der Waals surface area contributed by atoms with Crippen LogP contribution in [-0.4, -0.2) is 24.4 Å². The smallest absolute Gasteiger partial charge is 0.0569 e. The number of aliphatic hydroxyl groups excluding tert-OH is 1. The van der Waals surface area contributed by atoms with Gasteiger partial charge in [-0.05, 0) is 49.5 Å². The molecule has 2 heteroatoms. The Morgan fingerprint density at radius 2 is 1.95 bits per heavy atom. The number of benzene rings is 1. The van der Waals surface area contributed by atoms with Gasteiger partial charge in [0.05, 0.1) is 6.10 Å². The van der Waals surface area contributed by atoms with Crippen LogP contribution in [0.1, 0.15) is 56.9 Å². The van der Waals surface area contributed by atoms with E-state index < -0.39 is 0 Å². The lowest BCUT2D eigenvalue weighted by molar-refractivity contribution is 0.0333. The molecule has 0 saturated heterocycles. The van der Waals surface area contributed by atoms with Gasteiger partial charge in [-0.1, -0.05) is 43.7 Å². The predicted octanol–water partition coefficient (Wildman–Crippen LogP) is 4.14. The van der Waals surface area contributed by atoms with Crippen molar-refractivity contribution in [3.8, 4) is 0 Å². The van der Waals surface area contributed by atoms with Gasteiger partial charge < -0.3 is 9.84 Å². The Bertz CT molecular complexity index is 363. The van der Waals surface area contributed by atoms with Crippen molar-refractivity contribution in [2.75, 3.05) is 13.2 Å². The first-order valence-corrected chi connectivity index (χ1v) is 8.12. The number of rotatable bonds is 7. The molecule has 1 aromatic carbocycles. The van der Waals surface area contributed by atoms with Gasteiger partial charge in [0.1, 0.15) is 0 Å². The second-order valence-corrected chi connectivity index (χ2v) is 6.00. The fourth-order valence-electron chi connectivity index (χ4n) is 3.17. The highest BCUT2D eigenvalue weighted by Gasteiger charge is 2.29. The maximum Gasteiger partial charge on any atom is 0.0569 e. The summed E-state index contributed by atoms with van der Waals surface area (Å²) < 4.78 is 5.65. The molecular weight excluding hydrogens is 248 g/mol. The van der Waals surface area contributed by atoms with E-state index in [0.717, 1.165) is 45.3 Å². The number of ether oxygens (including phenoxy) is 1. The SMILES string of the molecule is CCCCOCCC1CC(c2ccccc2)CCC1O. The van der Waals surface area contributed by atoms with E-state index in [1.165, 1.54) is 12.0 Å². The van der Waals surface area contributed by atoms with Gasteiger partial charge in [-0.2, -0.15) is 0 Å². The monoisotopic (exact) mass is 276 g/mol. The fraction of sp³-hybridized carbons (Fsp3) is 0.667. The Morgan fingerprint density at radius 1 is 1.15 bits per heavy atom. The highest BCUT2D eigenvalue weighted by Crippen LogP contribution is 2.37. The van der Waals surface area contributed by atoms with Crippen molar-refractivity contribution in [1.29, 1.82) is 0 Å². The number of aliphatic hydroxyl groups is 1. The van der Waals surface area contributed by atoms with Crippen LogP contribution in [0.5, 0.6) is 0 Å². The minimum atomic E-state index is -0.135. The molecule has 3 atom stereocenters. The molecule has 3 unspecified atom stereocenters. The van der Waals surface area contributed by atoms with Crippen molar-refractivity contribution in [1.82, 2.24) is 0 Å². The summed E-state index contributed by atoms with van der Waals surface area (Å²) in [7, 11) is 0. The zero-order valence-corrected chi connectivity index (χ0v) is 12.6. The fourth-order valence-corrected chi connectivity index (χ4v) is 3.17. The van der Waals surface area contributed by atoms with Crippen molar-refractivity contribution in [2.24, 2.45) is 5.92 Å². The molecule has 1 N–H and O–H groups in total. The first-order valence-electron chi connectivity index (χ1n) is 8.12. The van der Waals surface area contributed by atoms with Crippen LogP contribution in [0.2, 0.25) is 0 Å². The van der Waals surface area contributed by atoms with Crippen molar-refractivity contribution >= 4 is 0 Å². The summed E-state index contributed by atoms with van der Waals surface area (Å²) in [4.78, 5) is 0. The highest BCUT2D eigenvalue weighted by molar-refractivity contribution is 5.20. The average molecular weight is 276 g/mol. The summed E-state index contributed by atoms with van der Waals surface area (Å²) in [5, 5.41) is 10.2. The third-order valence-corrected chi connectivity index (χ3v) is 4.49. The maximum atomic E-state index is 10.2. The molecule has 2 nitrogen and oxygen atoms in total. The second-order valence-electron chi connectivity index (χ2n) is 6.00. The van der Waals surface area contributed by atoms with E-state index in [4.69, 9.17) is 4.74 Å². The minimum Gasteiger partial charge on any atom is -0.393 e. The van der Waals surface area contributed by atoms with Crippen LogP contribution >= 0.6 is 0 Å². The van der Waals surface area contributed by atoms with E-state index in [2.05, 4.69) is 37.3 Å². The van der Waals surface area contributed by atoms with Crippen LogP contribution in [0, 0.1) is 5.92 Å². The molecule has 1 aliphatic carbocycles. The lowest BCUT2D eigenvalue weighted by Gasteiger charge is -2.33. The zero-order valence-electron chi connectivity index (χ0n) is 12.6. The molecule has 0 amide bonds. The molecule has 0 spiro atoms. The molecule has 0 radical (unpaired) electrons. The number of unbranched alkanes of at least 4 members (excludes halogenated alkanes) is 1. The molecule has 1 aliphatic rings. The van der Waals surface area contributed by atoms with E-state index in [0.29, 0.717) is 11.8 Å². The third-order valence-electron chi connectivity index (χ3n) is 4.49. The molecule has 2 rings (SSSR count). The normalized spacial score (nSPS) is 26.6. The minimum absolute atomic E-state index is 0.135. The Kier molecular flexibility index (Phi) is 6.55. The van der Waals surface area contributed by atoms with Crippen LogP contribution < -0.4 is 0 Å². The molecule has 0 bridgehead atoms. The van der Waals surface area contributed by atoms with Gasteiger partial charge in [0.15, 0.2) is 0 Å². The summed E-state index contributed by atoms with van der Waals surface area (Å²) >= 11 is 0. The van der Waals surface area contributed by atoms with Crippen molar-refractivity contribution in [2.45, 2.75) is 57.5 Å². The predicted molar refractivity (Wildman–Crippen MR) is 82.9 cm³/mol. The standard InChI is InChI=1S/C18H28O2/c1-2-3-12-20-13-11-17-14-16(9-10-18(17)19)15-7-5-4-6-8-15/h4-8,16-19H,2-3,9-14H2,1H3. The summed E-state index contributed by atoms with van der Waals surface area (Å²) in [6, 6.07) is 10.7. The van der Waals surface area contributed by atoms with Crippen LogP contribution in [0.3, 0.4) is 0 Å². The molecule has 1 aromatic rings. The number of hydrogen-bond donors (Lipinski definition) is 1.